The summed E-state index contributed by atoms with van der Waals surface area (Å²) in [7, 11) is -3.96. The van der Waals surface area contributed by atoms with Crippen LogP contribution in [-0.4, -0.2) is 50.5 Å². The fourth-order valence-corrected chi connectivity index (χ4v) is 5.47. The van der Waals surface area contributed by atoms with Gasteiger partial charge >= 0.3 is 0 Å². The zero-order valence-corrected chi connectivity index (χ0v) is 24.0. The Hall–Kier alpha value is -2.78. The smallest absolute Gasteiger partial charge is 0.244 e. The number of benzene rings is 3. The van der Waals surface area contributed by atoms with Crippen molar-refractivity contribution in [1.82, 2.24) is 10.2 Å². The number of carbonyl (C=O) groups is 2. The molecule has 0 radical (unpaired) electrons. The van der Waals surface area contributed by atoms with Gasteiger partial charge in [0.05, 0.1) is 22.0 Å². The number of nitrogens with zero attached hydrogens (tertiary/aromatic N) is 2. The molecule has 202 valence electrons. The van der Waals surface area contributed by atoms with Crippen LogP contribution in [0.3, 0.4) is 0 Å². The van der Waals surface area contributed by atoms with E-state index in [1.165, 1.54) is 17.0 Å². The molecule has 3 aromatic carbocycles. The maximum atomic E-state index is 13.9. The molecule has 0 aliphatic heterocycles. The first-order chi connectivity index (χ1) is 18.0. The Balaban J connectivity index is 2.07. The zero-order valence-electron chi connectivity index (χ0n) is 20.9. The van der Waals surface area contributed by atoms with E-state index in [-0.39, 0.29) is 34.6 Å². The van der Waals surface area contributed by atoms with E-state index < -0.39 is 28.5 Å². The molecule has 0 saturated carbocycles. The number of likely N-dealkylation sites (N-methyl/N-ethyl adjacent to an activating group) is 1. The van der Waals surface area contributed by atoms with Gasteiger partial charge in [-0.1, -0.05) is 83.3 Å². The van der Waals surface area contributed by atoms with Crippen LogP contribution in [0.2, 0.25) is 15.1 Å². The third-order valence-corrected chi connectivity index (χ3v) is 7.91. The first-order valence-corrected chi connectivity index (χ1v) is 14.8. The number of carbonyl (C=O) groups excluding carboxylic acids is 2. The van der Waals surface area contributed by atoms with Crippen molar-refractivity contribution in [2.24, 2.45) is 0 Å². The van der Waals surface area contributed by atoms with E-state index in [4.69, 9.17) is 34.8 Å². The fraction of sp³-hybridized carbons (Fsp3) is 0.259. The van der Waals surface area contributed by atoms with Crippen LogP contribution in [0, 0.1) is 0 Å². The summed E-state index contributed by atoms with van der Waals surface area (Å²) in [5, 5.41) is 3.41. The molecule has 0 bridgehead atoms. The van der Waals surface area contributed by atoms with Gasteiger partial charge in [-0.2, -0.15) is 0 Å². The van der Waals surface area contributed by atoms with Crippen LogP contribution in [-0.2, 0) is 32.6 Å². The van der Waals surface area contributed by atoms with E-state index in [0.29, 0.717) is 17.1 Å². The minimum absolute atomic E-state index is 0.00153. The Morgan fingerprint density at radius 3 is 2.21 bits per heavy atom. The third-order valence-electron chi connectivity index (χ3n) is 5.74. The molecule has 38 heavy (non-hydrogen) atoms. The average Bonchev–Trinajstić information content (AvgIpc) is 2.86. The summed E-state index contributed by atoms with van der Waals surface area (Å²) in [5.41, 5.74) is 1.58. The molecular formula is C27H28Cl3N3O4S. The Kier molecular flexibility index (Phi) is 10.4. The van der Waals surface area contributed by atoms with Crippen LogP contribution in [0.25, 0.3) is 0 Å². The second-order valence-electron chi connectivity index (χ2n) is 8.59. The summed E-state index contributed by atoms with van der Waals surface area (Å²) in [6.45, 7) is 1.57. The lowest BCUT2D eigenvalue weighted by molar-refractivity contribution is -0.140. The van der Waals surface area contributed by atoms with E-state index >= 15 is 0 Å². The molecule has 0 aliphatic carbocycles. The van der Waals surface area contributed by atoms with Crippen molar-refractivity contribution in [3.63, 3.8) is 0 Å². The predicted octanol–water partition coefficient (Wildman–Crippen LogP) is 5.19. The average molecular weight is 597 g/mol. The van der Waals surface area contributed by atoms with Crippen molar-refractivity contribution in [3.05, 3.63) is 99.0 Å². The number of anilines is 1. The topological polar surface area (TPSA) is 86.8 Å². The van der Waals surface area contributed by atoms with Crippen LogP contribution in [0.1, 0.15) is 18.1 Å². The number of hydrogen-bond acceptors (Lipinski definition) is 4. The lowest BCUT2D eigenvalue weighted by atomic mass is 10.0. The highest BCUT2D eigenvalue weighted by Crippen LogP contribution is 2.34. The lowest BCUT2D eigenvalue weighted by Crippen LogP contribution is -2.53. The van der Waals surface area contributed by atoms with E-state index in [1.54, 1.807) is 37.3 Å². The molecule has 1 atom stereocenters. The van der Waals surface area contributed by atoms with Gasteiger partial charge in [0.15, 0.2) is 0 Å². The van der Waals surface area contributed by atoms with Crippen molar-refractivity contribution in [2.75, 3.05) is 23.7 Å². The second-order valence-corrected chi connectivity index (χ2v) is 11.7. The van der Waals surface area contributed by atoms with Gasteiger partial charge in [-0.15, -0.1) is 0 Å². The Bertz CT molecular complexity index is 1390. The number of rotatable bonds is 11. The minimum Gasteiger partial charge on any atom is -0.355 e. The van der Waals surface area contributed by atoms with Crippen LogP contribution < -0.4 is 9.62 Å². The monoisotopic (exact) mass is 595 g/mol. The molecule has 2 amide bonds. The van der Waals surface area contributed by atoms with Crippen molar-refractivity contribution < 1.29 is 18.0 Å². The number of hydrogen-bond donors (Lipinski definition) is 1. The third kappa shape index (κ3) is 7.86. The highest BCUT2D eigenvalue weighted by atomic mass is 35.5. The molecule has 3 aromatic rings. The van der Waals surface area contributed by atoms with Gasteiger partial charge in [-0.25, -0.2) is 8.42 Å². The fourth-order valence-electron chi connectivity index (χ4n) is 3.96. The molecule has 0 unspecified atom stereocenters. The summed E-state index contributed by atoms with van der Waals surface area (Å²) in [5.74, 6) is -0.961. The Labute approximate surface area is 238 Å². The molecule has 7 nitrogen and oxygen atoms in total. The van der Waals surface area contributed by atoms with Gasteiger partial charge in [0.1, 0.15) is 12.6 Å². The van der Waals surface area contributed by atoms with Crippen LogP contribution in [0.15, 0.2) is 72.8 Å². The summed E-state index contributed by atoms with van der Waals surface area (Å²) in [6.07, 6.45) is 1.19. The lowest BCUT2D eigenvalue weighted by Gasteiger charge is -2.33. The normalized spacial score (nSPS) is 12.0. The molecule has 0 fully saturated rings. The zero-order chi connectivity index (χ0) is 27.9. The van der Waals surface area contributed by atoms with E-state index in [9.17, 15) is 18.0 Å². The number of halogens is 3. The van der Waals surface area contributed by atoms with Gasteiger partial charge in [0.25, 0.3) is 0 Å². The molecule has 3 rings (SSSR count). The highest BCUT2D eigenvalue weighted by molar-refractivity contribution is 7.92. The minimum atomic E-state index is -3.96. The molecule has 0 spiro atoms. The highest BCUT2D eigenvalue weighted by Gasteiger charge is 2.33. The Morgan fingerprint density at radius 1 is 0.921 bits per heavy atom. The van der Waals surface area contributed by atoms with Crippen molar-refractivity contribution in [2.45, 2.75) is 25.9 Å². The van der Waals surface area contributed by atoms with Crippen LogP contribution in [0.4, 0.5) is 5.69 Å². The number of sulfonamides is 1. The molecule has 11 heteroatoms. The van der Waals surface area contributed by atoms with Gasteiger partial charge < -0.3 is 10.2 Å². The SMILES string of the molecule is CCNC(=O)[C@H](Cc1ccccc1)N(Cc1cccc(Cl)c1)C(=O)CN(c1cccc(Cl)c1Cl)S(C)(=O)=O. The summed E-state index contributed by atoms with van der Waals surface area (Å²) in [6, 6.07) is 19.8. The number of nitrogens with one attached hydrogen (secondary N) is 1. The van der Waals surface area contributed by atoms with Gasteiger partial charge in [-0.05, 0) is 42.3 Å². The van der Waals surface area contributed by atoms with E-state index in [2.05, 4.69) is 5.32 Å². The second kappa shape index (κ2) is 13.3. The first-order valence-electron chi connectivity index (χ1n) is 11.8. The quantitative estimate of drug-likeness (QED) is 0.330. The molecule has 0 aromatic heterocycles. The maximum Gasteiger partial charge on any atom is 0.244 e. The van der Waals surface area contributed by atoms with Crippen molar-refractivity contribution in [3.8, 4) is 0 Å². The van der Waals surface area contributed by atoms with Crippen LogP contribution >= 0.6 is 34.8 Å². The van der Waals surface area contributed by atoms with E-state index in [1.807, 2.05) is 30.3 Å². The van der Waals surface area contributed by atoms with Crippen molar-refractivity contribution in [1.29, 1.82) is 0 Å². The number of amides is 2. The van der Waals surface area contributed by atoms with E-state index in [0.717, 1.165) is 16.1 Å². The molecule has 0 saturated heterocycles. The predicted molar refractivity (Wildman–Crippen MR) is 153 cm³/mol. The van der Waals surface area contributed by atoms with Crippen LogP contribution in [0.5, 0.6) is 0 Å². The molecule has 1 N–H and O–H groups in total. The molecule has 0 heterocycles. The first kappa shape index (κ1) is 29.8. The largest absolute Gasteiger partial charge is 0.355 e. The molecular weight excluding hydrogens is 569 g/mol. The Morgan fingerprint density at radius 2 is 1.58 bits per heavy atom. The van der Waals surface area contributed by atoms with Gasteiger partial charge in [0, 0.05) is 24.5 Å². The van der Waals surface area contributed by atoms with Gasteiger partial charge in [-0.3, -0.25) is 13.9 Å². The maximum absolute atomic E-state index is 13.9. The summed E-state index contributed by atoms with van der Waals surface area (Å²) in [4.78, 5) is 28.6. The summed E-state index contributed by atoms with van der Waals surface area (Å²) < 4.78 is 26.5. The van der Waals surface area contributed by atoms with Gasteiger partial charge in [0.2, 0.25) is 21.8 Å². The van der Waals surface area contributed by atoms with Crippen molar-refractivity contribution >= 4 is 62.3 Å². The molecule has 0 aliphatic rings. The standard InChI is InChI=1S/C27H28Cl3N3O4S/c1-3-31-27(35)24(16-19-9-5-4-6-10-19)32(17-20-11-7-12-21(28)15-20)25(34)18-33(38(2,36)37)23-14-8-13-22(29)26(23)30/h4-15,24H,3,16-18H2,1-2H3,(H,31,35)/t24-/m0/s1. The summed E-state index contributed by atoms with van der Waals surface area (Å²) >= 11 is 18.6.